The average Bonchev–Trinajstić information content (AvgIpc) is 2.69. The van der Waals surface area contributed by atoms with Crippen LogP contribution in [0.4, 0.5) is 0 Å². The number of hydrogen-bond donors (Lipinski definition) is 0. The Balaban J connectivity index is 1.88. The van der Waals surface area contributed by atoms with Crippen molar-refractivity contribution in [1.29, 1.82) is 0 Å². The molecular weight excluding hydrogens is 232 g/mol. The standard InChI is InChI=1S/C14H16O2S/c15-17(16,13-6-2-1-3-7-13)10-12-9-11-5-4-8-14(11)12/h1-3,6-7,10-11,14H,4-5,8-9H2/b12-10-/t11-,14-/m1/s1. The fourth-order valence-corrected chi connectivity index (χ4v) is 4.42. The van der Waals surface area contributed by atoms with Crippen LogP contribution in [0.15, 0.2) is 46.2 Å². The number of rotatable bonds is 2. The van der Waals surface area contributed by atoms with Crippen molar-refractivity contribution in [2.75, 3.05) is 0 Å². The molecule has 2 atom stereocenters. The lowest BCUT2D eigenvalue weighted by atomic mass is 9.72. The van der Waals surface area contributed by atoms with E-state index in [9.17, 15) is 8.42 Å². The van der Waals surface area contributed by atoms with Crippen LogP contribution in [0, 0.1) is 11.8 Å². The second-order valence-electron chi connectivity index (χ2n) is 5.05. The molecule has 0 saturated heterocycles. The summed E-state index contributed by atoms with van der Waals surface area (Å²) in [6.45, 7) is 0. The highest BCUT2D eigenvalue weighted by molar-refractivity contribution is 7.94. The Labute approximate surface area is 102 Å². The summed E-state index contributed by atoms with van der Waals surface area (Å²) < 4.78 is 24.3. The van der Waals surface area contributed by atoms with E-state index in [0.717, 1.165) is 17.9 Å². The lowest BCUT2D eigenvalue weighted by molar-refractivity contribution is 0.327. The van der Waals surface area contributed by atoms with Crippen LogP contribution in [0.5, 0.6) is 0 Å². The van der Waals surface area contributed by atoms with E-state index in [1.807, 2.05) is 6.07 Å². The van der Waals surface area contributed by atoms with Gasteiger partial charge in [0.15, 0.2) is 9.84 Å². The van der Waals surface area contributed by atoms with E-state index >= 15 is 0 Å². The molecule has 0 bridgehead atoms. The summed E-state index contributed by atoms with van der Waals surface area (Å²) in [6, 6.07) is 8.70. The van der Waals surface area contributed by atoms with Crippen molar-refractivity contribution in [2.24, 2.45) is 11.8 Å². The van der Waals surface area contributed by atoms with E-state index in [1.165, 1.54) is 24.7 Å². The Kier molecular flexibility index (Phi) is 2.58. The van der Waals surface area contributed by atoms with E-state index in [4.69, 9.17) is 0 Å². The van der Waals surface area contributed by atoms with Gasteiger partial charge in [0, 0.05) is 5.41 Å². The van der Waals surface area contributed by atoms with Gasteiger partial charge in [0.1, 0.15) is 0 Å². The highest BCUT2D eigenvalue weighted by atomic mass is 32.2. The molecule has 2 saturated carbocycles. The Hall–Kier alpha value is -1.09. The molecule has 0 radical (unpaired) electrons. The Morgan fingerprint density at radius 1 is 1.12 bits per heavy atom. The molecule has 1 aromatic carbocycles. The topological polar surface area (TPSA) is 34.1 Å². The molecule has 0 unspecified atom stereocenters. The maximum Gasteiger partial charge on any atom is 0.199 e. The van der Waals surface area contributed by atoms with Gasteiger partial charge in [-0.3, -0.25) is 0 Å². The van der Waals surface area contributed by atoms with E-state index in [-0.39, 0.29) is 0 Å². The SMILES string of the molecule is O=S(=O)(/C=C1/C[C@H]2CCC[C@@H]12)c1ccccc1. The number of sulfone groups is 1. The minimum atomic E-state index is -3.22. The molecule has 2 aliphatic carbocycles. The van der Waals surface area contributed by atoms with Crippen molar-refractivity contribution in [3.63, 3.8) is 0 Å². The molecule has 2 fully saturated rings. The monoisotopic (exact) mass is 248 g/mol. The molecule has 1 aromatic rings. The first kappa shape index (κ1) is 11.0. The van der Waals surface area contributed by atoms with Crippen molar-refractivity contribution in [1.82, 2.24) is 0 Å². The van der Waals surface area contributed by atoms with Crippen LogP contribution in [0.1, 0.15) is 25.7 Å². The quantitative estimate of drug-likeness (QED) is 0.805. The van der Waals surface area contributed by atoms with Gasteiger partial charge in [0.25, 0.3) is 0 Å². The van der Waals surface area contributed by atoms with Crippen LogP contribution >= 0.6 is 0 Å². The third kappa shape index (κ3) is 1.93. The van der Waals surface area contributed by atoms with Crippen LogP contribution in [0.3, 0.4) is 0 Å². The first-order chi connectivity index (χ1) is 8.17. The van der Waals surface area contributed by atoms with Gasteiger partial charge in [-0.1, -0.05) is 30.2 Å². The largest absolute Gasteiger partial charge is 0.219 e. The lowest BCUT2D eigenvalue weighted by Gasteiger charge is -2.34. The van der Waals surface area contributed by atoms with Gasteiger partial charge < -0.3 is 0 Å². The highest BCUT2D eigenvalue weighted by Crippen LogP contribution is 2.51. The predicted molar refractivity (Wildman–Crippen MR) is 67.2 cm³/mol. The smallest absolute Gasteiger partial charge is 0.199 e. The third-order valence-corrected chi connectivity index (χ3v) is 5.55. The molecule has 3 rings (SSSR count). The second kappa shape index (κ2) is 3.98. The highest BCUT2D eigenvalue weighted by Gasteiger charge is 2.40. The number of fused-ring (bicyclic) bond motifs is 1. The summed E-state index contributed by atoms with van der Waals surface area (Å²) in [7, 11) is -3.22. The summed E-state index contributed by atoms with van der Waals surface area (Å²) in [5, 5.41) is 1.52. The first-order valence-corrected chi connectivity index (χ1v) is 7.72. The van der Waals surface area contributed by atoms with Crippen LogP contribution in [0.25, 0.3) is 0 Å². The van der Waals surface area contributed by atoms with Gasteiger partial charge >= 0.3 is 0 Å². The van der Waals surface area contributed by atoms with Crippen molar-refractivity contribution in [3.8, 4) is 0 Å². The normalized spacial score (nSPS) is 30.0. The van der Waals surface area contributed by atoms with Crippen molar-refractivity contribution in [2.45, 2.75) is 30.6 Å². The molecular formula is C14H16O2S. The van der Waals surface area contributed by atoms with Crippen molar-refractivity contribution in [3.05, 3.63) is 41.3 Å². The van der Waals surface area contributed by atoms with Crippen LogP contribution < -0.4 is 0 Å². The number of benzene rings is 1. The van der Waals surface area contributed by atoms with Gasteiger partial charge in [-0.25, -0.2) is 8.42 Å². The molecule has 2 nitrogen and oxygen atoms in total. The average molecular weight is 248 g/mol. The zero-order valence-electron chi connectivity index (χ0n) is 9.67. The summed E-state index contributed by atoms with van der Waals surface area (Å²) >= 11 is 0. The van der Waals surface area contributed by atoms with Crippen molar-refractivity contribution < 1.29 is 8.42 Å². The summed E-state index contributed by atoms with van der Waals surface area (Å²) in [5.74, 6) is 1.33. The predicted octanol–water partition coefficient (Wildman–Crippen LogP) is 3.16. The maximum absolute atomic E-state index is 12.1. The zero-order valence-corrected chi connectivity index (χ0v) is 10.5. The van der Waals surface area contributed by atoms with Gasteiger partial charge in [-0.2, -0.15) is 0 Å². The molecule has 17 heavy (non-hydrogen) atoms. The minimum absolute atomic E-state index is 0.411. The molecule has 0 amide bonds. The minimum Gasteiger partial charge on any atom is -0.219 e. The zero-order chi connectivity index (χ0) is 11.9. The fourth-order valence-electron chi connectivity index (χ4n) is 3.08. The van der Waals surface area contributed by atoms with Gasteiger partial charge in [0.2, 0.25) is 0 Å². The van der Waals surface area contributed by atoms with E-state index in [1.54, 1.807) is 24.3 Å². The first-order valence-electron chi connectivity index (χ1n) is 6.17. The molecule has 0 aliphatic heterocycles. The van der Waals surface area contributed by atoms with Crippen LogP contribution in [-0.2, 0) is 9.84 Å². The maximum atomic E-state index is 12.1. The summed E-state index contributed by atoms with van der Waals surface area (Å²) in [5.41, 5.74) is 1.15. The molecule has 0 aromatic heterocycles. The second-order valence-corrected chi connectivity index (χ2v) is 6.85. The molecule has 0 heterocycles. The van der Waals surface area contributed by atoms with Crippen LogP contribution in [0.2, 0.25) is 0 Å². The van der Waals surface area contributed by atoms with E-state index in [2.05, 4.69) is 0 Å². The van der Waals surface area contributed by atoms with Gasteiger partial charge in [-0.15, -0.1) is 0 Å². The fraction of sp³-hybridized carbons (Fsp3) is 0.429. The molecule has 2 aliphatic rings. The molecule has 90 valence electrons. The molecule has 3 heteroatoms. The summed E-state index contributed by atoms with van der Waals surface area (Å²) in [6.07, 6.45) is 4.73. The number of allylic oxidation sites excluding steroid dienone is 1. The lowest BCUT2D eigenvalue weighted by Crippen LogP contribution is -2.24. The summed E-state index contributed by atoms with van der Waals surface area (Å²) in [4.78, 5) is 0.411. The molecule has 0 spiro atoms. The van der Waals surface area contributed by atoms with Gasteiger partial charge in [-0.05, 0) is 43.2 Å². The Bertz CT molecular complexity index is 543. The van der Waals surface area contributed by atoms with Crippen molar-refractivity contribution >= 4 is 9.84 Å². The Morgan fingerprint density at radius 2 is 1.88 bits per heavy atom. The number of hydrogen-bond acceptors (Lipinski definition) is 2. The van der Waals surface area contributed by atoms with Crippen LogP contribution in [-0.4, -0.2) is 8.42 Å². The van der Waals surface area contributed by atoms with Gasteiger partial charge in [0.05, 0.1) is 4.90 Å². The Morgan fingerprint density at radius 3 is 2.59 bits per heavy atom. The molecule has 0 N–H and O–H groups in total. The van der Waals surface area contributed by atoms with E-state index in [0.29, 0.717) is 10.8 Å². The van der Waals surface area contributed by atoms with E-state index < -0.39 is 9.84 Å². The third-order valence-electron chi connectivity index (χ3n) is 4.01.